The fourth-order valence-corrected chi connectivity index (χ4v) is 5.10. The molecule has 0 amide bonds. The minimum Gasteiger partial charge on any atom is -0.299 e. The van der Waals surface area contributed by atoms with Crippen LogP contribution in [0.3, 0.4) is 0 Å². The largest absolute Gasteiger partial charge is 0.299 e. The van der Waals surface area contributed by atoms with Crippen molar-refractivity contribution in [2.45, 2.75) is 58.1 Å². The van der Waals surface area contributed by atoms with E-state index in [9.17, 15) is 4.79 Å². The molecule has 2 rings (SSSR count). The van der Waals surface area contributed by atoms with E-state index < -0.39 is 0 Å². The second-order valence-electron chi connectivity index (χ2n) is 6.48. The minimum atomic E-state index is 0.369. The van der Waals surface area contributed by atoms with Crippen molar-refractivity contribution in [3.63, 3.8) is 0 Å². The standard InChI is InChI=1S/C14H24OS/c1-10-4-5-12(15)11(8-10)13-9-14(2,3)6-7-16-13/h10-11,13H,4-9H2,1-3H3/t10-,11?,13?/m1/s1. The summed E-state index contributed by atoms with van der Waals surface area (Å²) in [5.41, 5.74) is 0.455. The van der Waals surface area contributed by atoms with Gasteiger partial charge in [0.15, 0.2) is 0 Å². The van der Waals surface area contributed by atoms with Crippen LogP contribution in [0.15, 0.2) is 0 Å². The monoisotopic (exact) mass is 240 g/mol. The van der Waals surface area contributed by atoms with Crippen molar-refractivity contribution >= 4 is 17.5 Å². The topological polar surface area (TPSA) is 17.1 Å². The van der Waals surface area contributed by atoms with E-state index in [0.717, 1.165) is 25.2 Å². The molecular formula is C14H24OS. The van der Waals surface area contributed by atoms with Crippen LogP contribution in [0.2, 0.25) is 0 Å². The lowest BCUT2D eigenvalue weighted by molar-refractivity contribution is -0.125. The van der Waals surface area contributed by atoms with E-state index in [-0.39, 0.29) is 0 Å². The van der Waals surface area contributed by atoms with Gasteiger partial charge in [-0.1, -0.05) is 20.8 Å². The molecule has 0 bridgehead atoms. The number of ketones is 1. The second-order valence-corrected chi connectivity index (χ2v) is 7.83. The van der Waals surface area contributed by atoms with E-state index >= 15 is 0 Å². The molecule has 1 nitrogen and oxygen atoms in total. The zero-order chi connectivity index (χ0) is 11.8. The van der Waals surface area contributed by atoms with Gasteiger partial charge in [0.25, 0.3) is 0 Å². The first-order valence-corrected chi connectivity index (χ1v) is 7.67. The molecule has 2 aliphatic rings. The molecule has 1 saturated heterocycles. The highest BCUT2D eigenvalue weighted by Crippen LogP contribution is 2.44. The van der Waals surface area contributed by atoms with E-state index in [1.807, 2.05) is 0 Å². The highest BCUT2D eigenvalue weighted by Gasteiger charge is 2.38. The Kier molecular flexibility index (Phi) is 3.68. The molecule has 0 N–H and O–H groups in total. The normalized spacial score (nSPS) is 39.7. The predicted octanol–water partition coefficient (Wildman–Crippen LogP) is 3.91. The van der Waals surface area contributed by atoms with Crippen molar-refractivity contribution < 1.29 is 4.79 Å². The lowest BCUT2D eigenvalue weighted by atomic mass is 9.74. The first kappa shape index (κ1) is 12.5. The predicted molar refractivity (Wildman–Crippen MR) is 70.8 cm³/mol. The van der Waals surface area contributed by atoms with Gasteiger partial charge in [0.05, 0.1) is 0 Å². The average molecular weight is 240 g/mol. The molecule has 1 saturated carbocycles. The zero-order valence-electron chi connectivity index (χ0n) is 10.8. The molecule has 92 valence electrons. The van der Waals surface area contributed by atoms with E-state index in [2.05, 4.69) is 32.5 Å². The van der Waals surface area contributed by atoms with Crippen LogP contribution >= 0.6 is 11.8 Å². The maximum atomic E-state index is 12.0. The van der Waals surface area contributed by atoms with Gasteiger partial charge in [-0.15, -0.1) is 0 Å². The Labute approximate surface area is 104 Å². The van der Waals surface area contributed by atoms with Gasteiger partial charge in [-0.05, 0) is 42.8 Å². The first-order chi connectivity index (χ1) is 7.48. The highest BCUT2D eigenvalue weighted by molar-refractivity contribution is 8.00. The Bertz CT molecular complexity index is 272. The zero-order valence-corrected chi connectivity index (χ0v) is 11.6. The lowest BCUT2D eigenvalue weighted by Gasteiger charge is -2.40. The summed E-state index contributed by atoms with van der Waals surface area (Å²) in [7, 11) is 0. The van der Waals surface area contributed by atoms with Gasteiger partial charge in [-0.3, -0.25) is 4.79 Å². The molecule has 1 aliphatic heterocycles. The molecule has 2 unspecified atom stereocenters. The Morgan fingerprint density at radius 3 is 2.81 bits per heavy atom. The van der Waals surface area contributed by atoms with Crippen molar-refractivity contribution in [1.82, 2.24) is 0 Å². The number of thioether (sulfide) groups is 1. The summed E-state index contributed by atoms with van der Waals surface area (Å²) in [4.78, 5) is 12.0. The summed E-state index contributed by atoms with van der Waals surface area (Å²) in [6.45, 7) is 7.02. The fraction of sp³-hybridized carbons (Fsp3) is 0.929. The van der Waals surface area contributed by atoms with Crippen LogP contribution in [0, 0.1) is 17.3 Å². The molecule has 16 heavy (non-hydrogen) atoms. The van der Waals surface area contributed by atoms with Gasteiger partial charge in [-0.25, -0.2) is 0 Å². The lowest BCUT2D eigenvalue weighted by Crippen LogP contribution is -2.37. The van der Waals surface area contributed by atoms with Crippen LogP contribution in [0.4, 0.5) is 0 Å². The molecule has 0 spiro atoms. The molecule has 0 aromatic rings. The maximum Gasteiger partial charge on any atom is 0.137 e. The van der Waals surface area contributed by atoms with E-state index in [1.54, 1.807) is 0 Å². The van der Waals surface area contributed by atoms with Crippen LogP contribution in [0.25, 0.3) is 0 Å². The van der Waals surface area contributed by atoms with Gasteiger partial charge >= 0.3 is 0 Å². The number of hydrogen-bond donors (Lipinski definition) is 0. The fourth-order valence-electron chi connectivity index (χ4n) is 3.07. The van der Waals surface area contributed by atoms with Gasteiger partial charge in [-0.2, -0.15) is 11.8 Å². The summed E-state index contributed by atoms with van der Waals surface area (Å²) in [5.74, 6) is 2.92. The highest BCUT2D eigenvalue weighted by atomic mass is 32.2. The summed E-state index contributed by atoms with van der Waals surface area (Å²) in [5, 5.41) is 0.610. The van der Waals surface area contributed by atoms with Crippen LogP contribution in [0.5, 0.6) is 0 Å². The molecule has 3 atom stereocenters. The Hall–Kier alpha value is 0.0200. The third-order valence-corrected chi connectivity index (χ3v) is 5.63. The van der Waals surface area contributed by atoms with E-state index in [0.29, 0.717) is 22.4 Å². The summed E-state index contributed by atoms with van der Waals surface area (Å²) in [6.07, 6.45) is 5.65. The number of hydrogen-bond acceptors (Lipinski definition) is 2. The van der Waals surface area contributed by atoms with Crippen molar-refractivity contribution in [3.8, 4) is 0 Å². The number of rotatable bonds is 1. The minimum absolute atomic E-state index is 0.369. The van der Waals surface area contributed by atoms with Crippen molar-refractivity contribution in [3.05, 3.63) is 0 Å². The molecule has 0 aromatic carbocycles. The van der Waals surface area contributed by atoms with Crippen LogP contribution < -0.4 is 0 Å². The van der Waals surface area contributed by atoms with Crippen molar-refractivity contribution in [2.75, 3.05) is 5.75 Å². The molecule has 2 heteroatoms. The number of carbonyl (C=O) groups excluding carboxylic acids is 1. The summed E-state index contributed by atoms with van der Waals surface area (Å²) < 4.78 is 0. The molecule has 0 aromatic heterocycles. The molecule has 1 heterocycles. The molecule has 1 aliphatic carbocycles. The summed E-state index contributed by atoms with van der Waals surface area (Å²) in [6, 6.07) is 0. The SMILES string of the molecule is C[C@@H]1CCC(=O)C(C2CC(C)(C)CCS2)C1. The Balaban J connectivity index is 2.02. The van der Waals surface area contributed by atoms with Crippen LogP contribution in [0.1, 0.15) is 52.9 Å². The Morgan fingerprint density at radius 1 is 1.38 bits per heavy atom. The van der Waals surface area contributed by atoms with Crippen LogP contribution in [-0.4, -0.2) is 16.8 Å². The maximum absolute atomic E-state index is 12.0. The number of Topliss-reactive ketones (excluding diaryl/α,β-unsaturated/α-hetero) is 1. The van der Waals surface area contributed by atoms with Crippen molar-refractivity contribution in [2.24, 2.45) is 17.3 Å². The van der Waals surface area contributed by atoms with Crippen LogP contribution in [-0.2, 0) is 4.79 Å². The summed E-state index contributed by atoms with van der Waals surface area (Å²) >= 11 is 2.06. The molecular weight excluding hydrogens is 216 g/mol. The van der Waals surface area contributed by atoms with E-state index in [4.69, 9.17) is 0 Å². The van der Waals surface area contributed by atoms with Gasteiger partial charge in [0.2, 0.25) is 0 Å². The smallest absolute Gasteiger partial charge is 0.137 e. The van der Waals surface area contributed by atoms with Gasteiger partial charge in [0.1, 0.15) is 5.78 Å². The quantitative estimate of drug-likeness (QED) is 0.691. The number of carbonyl (C=O) groups is 1. The molecule has 0 radical (unpaired) electrons. The van der Waals surface area contributed by atoms with E-state index in [1.165, 1.54) is 18.6 Å². The van der Waals surface area contributed by atoms with Gasteiger partial charge in [0, 0.05) is 17.6 Å². The van der Waals surface area contributed by atoms with Crippen molar-refractivity contribution in [1.29, 1.82) is 0 Å². The third kappa shape index (κ3) is 2.82. The second kappa shape index (κ2) is 4.72. The Morgan fingerprint density at radius 2 is 2.12 bits per heavy atom. The average Bonchev–Trinajstić information content (AvgIpc) is 2.20. The third-order valence-electron chi connectivity index (χ3n) is 4.27. The van der Waals surface area contributed by atoms with Gasteiger partial charge < -0.3 is 0 Å². The first-order valence-electron chi connectivity index (χ1n) is 6.62. The molecule has 2 fully saturated rings.